The number of amides is 1. The van der Waals surface area contributed by atoms with E-state index in [1.165, 1.54) is 22.9 Å². The number of benzene rings is 2. The van der Waals surface area contributed by atoms with Gasteiger partial charge in [-0.15, -0.1) is 5.10 Å². The third kappa shape index (κ3) is 4.73. The summed E-state index contributed by atoms with van der Waals surface area (Å²) in [5, 5.41) is 10.6. The van der Waals surface area contributed by atoms with Crippen LogP contribution in [0.25, 0.3) is 11.4 Å². The van der Waals surface area contributed by atoms with Gasteiger partial charge in [0, 0.05) is 11.3 Å². The smallest absolute Gasteiger partial charge is 0.234 e. The molecule has 134 valence electrons. The lowest BCUT2D eigenvalue weighted by Gasteiger charge is -2.05. The number of nitrogens with one attached hydrogen (secondary N) is 2. The van der Waals surface area contributed by atoms with Gasteiger partial charge in [-0.25, -0.2) is 4.98 Å². The van der Waals surface area contributed by atoms with Gasteiger partial charge in [0.15, 0.2) is 5.82 Å². The van der Waals surface area contributed by atoms with Gasteiger partial charge in [-0.05, 0) is 36.1 Å². The Morgan fingerprint density at radius 2 is 1.85 bits per heavy atom. The van der Waals surface area contributed by atoms with Crippen LogP contribution in [0.15, 0.2) is 53.7 Å². The first kappa shape index (κ1) is 18.2. The van der Waals surface area contributed by atoms with Crippen molar-refractivity contribution < 1.29 is 4.79 Å². The van der Waals surface area contributed by atoms with Gasteiger partial charge in [0.1, 0.15) is 0 Å². The highest BCUT2D eigenvalue weighted by atomic mass is 32.2. The molecule has 0 bridgehead atoms. The normalized spacial score (nSPS) is 10.7. The molecule has 0 saturated carbocycles. The first-order chi connectivity index (χ1) is 12.7. The molecule has 0 aliphatic carbocycles. The number of H-pyrrole nitrogens is 1. The van der Waals surface area contributed by atoms with Gasteiger partial charge in [0.05, 0.1) is 5.75 Å². The van der Waals surface area contributed by atoms with Crippen molar-refractivity contribution in [2.24, 2.45) is 0 Å². The molecule has 0 unspecified atom stereocenters. The summed E-state index contributed by atoms with van der Waals surface area (Å²) in [6, 6.07) is 16.1. The van der Waals surface area contributed by atoms with Crippen LogP contribution in [0, 0.1) is 0 Å². The predicted molar refractivity (Wildman–Crippen MR) is 106 cm³/mol. The Morgan fingerprint density at radius 3 is 2.58 bits per heavy atom. The van der Waals surface area contributed by atoms with E-state index in [0.29, 0.717) is 11.0 Å². The summed E-state index contributed by atoms with van der Waals surface area (Å²) >= 11 is 1.32. The Balaban J connectivity index is 1.56. The molecule has 3 aromatic rings. The molecule has 1 amide bonds. The number of carbonyl (C=O) groups is 1. The number of anilines is 1. The highest BCUT2D eigenvalue weighted by molar-refractivity contribution is 7.99. The van der Waals surface area contributed by atoms with Gasteiger partial charge in [0.2, 0.25) is 11.1 Å². The number of thioether (sulfide) groups is 1. The Kier molecular flexibility index (Phi) is 6.07. The number of aryl methyl sites for hydroxylation is 2. The Labute approximate surface area is 157 Å². The van der Waals surface area contributed by atoms with Gasteiger partial charge in [0.25, 0.3) is 0 Å². The first-order valence-electron chi connectivity index (χ1n) is 8.71. The Bertz CT molecular complexity index is 874. The number of aromatic nitrogens is 3. The molecule has 0 radical (unpaired) electrons. The van der Waals surface area contributed by atoms with Gasteiger partial charge in [-0.2, -0.15) is 0 Å². The average Bonchev–Trinajstić information content (AvgIpc) is 3.15. The summed E-state index contributed by atoms with van der Waals surface area (Å²) < 4.78 is 0. The molecule has 6 heteroatoms. The number of aromatic amines is 1. The Hall–Kier alpha value is -2.60. The SMILES string of the molecule is CCc1ccc(-c2nc(SCC(=O)Nc3cccc(CC)c3)n[nH]2)cc1. The summed E-state index contributed by atoms with van der Waals surface area (Å²) in [6.45, 7) is 4.22. The van der Waals surface area contributed by atoms with E-state index < -0.39 is 0 Å². The molecule has 26 heavy (non-hydrogen) atoms. The molecule has 0 aliphatic rings. The zero-order chi connectivity index (χ0) is 18.4. The standard InChI is InChI=1S/C20H22N4OS/c1-3-14-8-10-16(11-9-14)19-22-20(24-23-19)26-13-18(25)21-17-7-5-6-15(4-2)12-17/h5-12H,3-4,13H2,1-2H3,(H,21,25)(H,22,23,24). The summed E-state index contributed by atoms with van der Waals surface area (Å²) in [6.07, 6.45) is 1.95. The highest BCUT2D eigenvalue weighted by Crippen LogP contribution is 2.20. The van der Waals surface area contributed by atoms with Crippen LogP contribution in [0.1, 0.15) is 25.0 Å². The zero-order valence-electron chi connectivity index (χ0n) is 15.0. The van der Waals surface area contributed by atoms with E-state index in [2.05, 4.69) is 46.5 Å². The fourth-order valence-corrected chi connectivity index (χ4v) is 3.13. The van der Waals surface area contributed by atoms with Crippen molar-refractivity contribution in [3.05, 3.63) is 59.7 Å². The number of nitrogens with zero attached hydrogens (tertiary/aromatic N) is 2. The van der Waals surface area contributed by atoms with Crippen LogP contribution in [0.2, 0.25) is 0 Å². The van der Waals surface area contributed by atoms with E-state index in [1.807, 2.05) is 36.4 Å². The molecule has 3 rings (SSSR count). The maximum atomic E-state index is 12.1. The van der Waals surface area contributed by atoms with Crippen molar-refractivity contribution in [2.45, 2.75) is 31.8 Å². The summed E-state index contributed by atoms with van der Waals surface area (Å²) in [5.41, 5.74) is 4.29. The lowest BCUT2D eigenvalue weighted by atomic mass is 10.1. The van der Waals surface area contributed by atoms with Crippen molar-refractivity contribution in [1.82, 2.24) is 15.2 Å². The fourth-order valence-electron chi connectivity index (χ4n) is 2.53. The lowest BCUT2D eigenvalue weighted by Crippen LogP contribution is -2.14. The van der Waals surface area contributed by atoms with E-state index in [0.717, 1.165) is 24.1 Å². The van der Waals surface area contributed by atoms with Crippen LogP contribution >= 0.6 is 11.8 Å². The molecular formula is C20H22N4OS. The maximum Gasteiger partial charge on any atom is 0.234 e. The van der Waals surface area contributed by atoms with Crippen molar-refractivity contribution in [3.63, 3.8) is 0 Å². The van der Waals surface area contributed by atoms with E-state index in [9.17, 15) is 4.79 Å². The van der Waals surface area contributed by atoms with E-state index in [1.54, 1.807) is 0 Å². The van der Waals surface area contributed by atoms with E-state index >= 15 is 0 Å². The molecule has 1 aromatic heterocycles. The monoisotopic (exact) mass is 366 g/mol. The molecule has 0 atom stereocenters. The topological polar surface area (TPSA) is 70.7 Å². The van der Waals surface area contributed by atoms with Crippen LogP contribution in [0.3, 0.4) is 0 Å². The first-order valence-corrected chi connectivity index (χ1v) is 9.69. The van der Waals surface area contributed by atoms with Crippen molar-refractivity contribution >= 4 is 23.4 Å². The summed E-state index contributed by atoms with van der Waals surface area (Å²) in [7, 11) is 0. The van der Waals surface area contributed by atoms with Crippen LogP contribution in [0.5, 0.6) is 0 Å². The molecule has 2 N–H and O–H groups in total. The summed E-state index contributed by atoms with van der Waals surface area (Å²) in [4.78, 5) is 16.6. The van der Waals surface area contributed by atoms with Crippen molar-refractivity contribution in [3.8, 4) is 11.4 Å². The quantitative estimate of drug-likeness (QED) is 0.611. The average molecular weight is 366 g/mol. The second-order valence-electron chi connectivity index (χ2n) is 5.91. The van der Waals surface area contributed by atoms with Gasteiger partial charge in [-0.3, -0.25) is 9.89 Å². The number of rotatable bonds is 7. The van der Waals surface area contributed by atoms with Crippen LogP contribution in [-0.2, 0) is 17.6 Å². The fraction of sp³-hybridized carbons (Fsp3) is 0.250. The second-order valence-corrected chi connectivity index (χ2v) is 6.85. The second kappa shape index (κ2) is 8.67. The number of hydrogen-bond acceptors (Lipinski definition) is 4. The molecule has 0 fully saturated rings. The minimum absolute atomic E-state index is 0.0677. The van der Waals surface area contributed by atoms with E-state index in [4.69, 9.17) is 0 Å². The highest BCUT2D eigenvalue weighted by Gasteiger charge is 2.09. The maximum absolute atomic E-state index is 12.1. The minimum atomic E-state index is -0.0677. The van der Waals surface area contributed by atoms with Crippen molar-refractivity contribution in [2.75, 3.05) is 11.1 Å². The van der Waals surface area contributed by atoms with E-state index in [-0.39, 0.29) is 11.7 Å². The van der Waals surface area contributed by atoms with Crippen LogP contribution in [-0.4, -0.2) is 26.8 Å². The third-order valence-corrected chi connectivity index (χ3v) is 4.90. The predicted octanol–water partition coefficient (Wildman–Crippen LogP) is 4.33. The molecule has 1 heterocycles. The zero-order valence-corrected chi connectivity index (χ0v) is 15.8. The number of hydrogen-bond donors (Lipinski definition) is 2. The van der Waals surface area contributed by atoms with Crippen LogP contribution in [0.4, 0.5) is 5.69 Å². The van der Waals surface area contributed by atoms with Crippen molar-refractivity contribution in [1.29, 1.82) is 0 Å². The van der Waals surface area contributed by atoms with Gasteiger partial charge < -0.3 is 5.32 Å². The third-order valence-electron chi connectivity index (χ3n) is 4.05. The Morgan fingerprint density at radius 1 is 1.08 bits per heavy atom. The van der Waals surface area contributed by atoms with Gasteiger partial charge >= 0.3 is 0 Å². The molecule has 5 nitrogen and oxygen atoms in total. The molecule has 0 saturated heterocycles. The molecule has 0 spiro atoms. The molecule has 2 aromatic carbocycles. The number of carbonyl (C=O) groups excluding carboxylic acids is 1. The largest absolute Gasteiger partial charge is 0.325 e. The van der Waals surface area contributed by atoms with Gasteiger partial charge in [-0.1, -0.05) is 62.0 Å². The van der Waals surface area contributed by atoms with Crippen LogP contribution < -0.4 is 5.32 Å². The summed E-state index contributed by atoms with van der Waals surface area (Å²) in [5.74, 6) is 0.913. The minimum Gasteiger partial charge on any atom is -0.325 e. The molecular weight excluding hydrogens is 344 g/mol. The molecule has 0 aliphatic heterocycles. The lowest BCUT2D eigenvalue weighted by molar-refractivity contribution is -0.113.